The SMILES string of the molecule is COCc1ccc(SC)cc1N. The molecule has 1 aromatic carbocycles. The molecular weight excluding hydrogens is 170 g/mol. The van der Waals surface area contributed by atoms with E-state index in [0.29, 0.717) is 6.61 Å². The fourth-order valence-electron chi connectivity index (χ4n) is 0.987. The summed E-state index contributed by atoms with van der Waals surface area (Å²) in [6.45, 7) is 0.584. The third-order valence-corrected chi connectivity index (χ3v) is 2.38. The molecular formula is C9H13NOS. The van der Waals surface area contributed by atoms with Crippen LogP contribution in [0, 0.1) is 0 Å². The zero-order valence-corrected chi connectivity index (χ0v) is 8.15. The topological polar surface area (TPSA) is 35.2 Å². The molecule has 0 aliphatic heterocycles. The van der Waals surface area contributed by atoms with Crippen LogP contribution in [0.25, 0.3) is 0 Å². The van der Waals surface area contributed by atoms with Gasteiger partial charge in [-0.05, 0) is 18.4 Å². The number of thioether (sulfide) groups is 1. The lowest BCUT2D eigenvalue weighted by atomic mass is 10.2. The van der Waals surface area contributed by atoms with E-state index >= 15 is 0 Å². The minimum Gasteiger partial charge on any atom is -0.398 e. The van der Waals surface area contributed by atoms with Crippen molar-refractivity contribution in [1.82, 2.24) is 0 Å². The summed E-state index contributed by atoms with van der Waals surface area (Å²) < 4.78 is 5.00. The first-order chi connectivity index (χ1) is 5.77. The quantitative estimate of drug-likeness (QED) is 0.576. The van der Waals surface area contributed by atoms with Crippen molar-refractivity contribution in [2.75, 3.05) is 19.1 Å². The molecule has 0 radical (unpaired) electrons. The van der Waals surface area contributed by atoms with Crippen LogP contribution in [-0.2, 0) is 11.3 Å². The van der Waals surface area contributed by atoms with Gasteiger partial charge in [0.15, 0.2) is 0 Å². The third-order valence-electron chi connectivity index (χ3n) is 1.65. The van der Waals surface area contributed by atoms with E-state index in [9.17, 15) is 0 Å². The summed E-state index contributed by atoms with van der Waals surface area (Å²) in [5, 5.41) is 0. The molecule has 1 rings (SSSR count). The van der Waals surface area contributed by atoms with Crippen molar-refractivity contribution in [1.29, 1.82) is 0 Å². The van der Waals surface area contributed by atoms with E-state index in [1.165, 1.54) is 4.90 Å². The highest BCUT2D eigenvalue weighted by Crippen LogP contribution is 2.21. The Labute approximate surface area is 77.1 Å². The Morgan fingerprint density at radius 1 is 1.50 bits per heavy atom. The van der Waals surface area contributed by atoms with Gasteiger partial charge in [0.2, 0.25) is 0 Å². The molecule has 0 saturated heterocycles. The van der Waals surface area contributed by atoms with E-state index in [2.05, 4.69) is 6.07 Å². The first-order valence-corrected chi connectivity index (χ1v) is 4.91. The number of hydrogen-bond acceptors (Lipinski definition) is 3. The Bertz CT molecular complexity index is 263. The number of rotatable bonds is 3. The highest BCUT2D eigenvalue weighted by Gasteiger charge is 1.98. The molecule has 0 heterocycles. The normalized spacial score (nSPS) is 10.2. The van der Waals surface area contributed by atoms with Crippen LogP contribution in [-0.4, -0.2) is 13.4 Å². The van der Waals surface area contributed by atoms with E-state index in [4.69, 9.17) is 10.5 Å². The highest BCUT2D eigenvalue weighted by atomic mass is 32.2. The number of nitrogen functional groups attached to an aromatic ring is 1. The van der Waals surface area contributed by atoms with Crippen LogP contribution in [0.5, 0.6) is 0 Å². The lowest BCUT2D eigenvalue weighted by Gasteiger charge is -2.05. The van der Waals surface area contributed by atoms with Gasteiger partial charge in [-0.15, -0.1) is 11.8 Å². The van der Waals surface area contributed by atoms with Gasteiger partial charge < -0.3 is 10.5 Å². The number of nitrogens with two attached hydrogens (primary N) is 1. The Balaban J connectivity index is 2.87. The Morgan fingerprint density at radius 3 is 2.75 bits per heavy atom. The summed E-state index contributed by atoms with van der Waals surface area (Å²) in [4.78, 5) is 1.19. The number of anilines is 1. The molecule has 0 aromatic heterocycles. The summed E-state index contributed by atoms with van der Waals surface area (Å²) in [5.41, 5.74) is 7.65. The van der Waals surface area contributed by atoms with Crippen molar-refractivity contribution in [3.8, 4) is 0 Å². The van der Waals surface area contributed by atoms with Gasteiger partial charge in [-0.1, -0.05) is 6.07 Å². The predicted octanol–water partition coefficient (Wildman–Crippen LogP) is 2.14. The van der Waals surface area contributed by atoms with E-state index < -0.39 is 0 Å². The minimum atomic E-state index is 0.584. The third kappa shape index (κ3) is 2.16. The Morgan fingerprint density at radius 2 is 2.25 bits per heavy atom. The second-order valence-electron chi connectivity index (χ2n) is 2.50. The second-order valence-corrected chi connectivity index (χ2v) is 3.38. The number of hydrogen-bond donors (Lipinski definition) is 1. The molecule has 3 heteroatoms. The smallest absolute Gasteiger partial charge is 0.0733 e. The predicted molar refractivity (Wildman–Crippen MR) is 53.3 cm³/mol. The molecule has 0 bridgehead atoms. The molecule has 0 aliphatic rings. The highest BCUT2D eigenvalue weighted by molar-refractivity contribution is 7.98. The van der Waals surface area contributed by atoms with Crippen LogP contribution < -0.4 is 5.73 Å². The van der Waals surface area contributed by atoms with Crippen molar-refractivity contribution in [2.45, 2.75) is 11.5 Å². The van der Waals surface area contributed by atoms with Gasteiger partial charge >= 0.3 is 0 Å². The van der Waals surface area contributed by atoms with Gasteiger partial charge in [-0.2, -0.15) is 0 Å². The van der Waals surface area contributed by atoms with Gasteiger partial charge in [0, 0.05) is 23.3 Å². The van der Waals surface area contributed by atoms with Crippen molar-refractivity contribution in [2.24, 2.45) is 0 Å². The van der Waals surface area contributed by atoms with Crippen LogP contribution in [0.1, 0.15) is 5.56 Å². The molecule has 0 atom stereocenters. The van der Waals surface area contributed by atoms with Crippen molar-refractivity contribution < 1.29 is 4.74 Å². The molecule has 0 unspecified atom stereocenters. The van der Waals surface area contributed by atoms with E-state index in [-0.39, 0.29) is 0 Å². The molecule has 2 nitrogen and oxygen atoms in total. The van der Waals surface area contributed by atoms with Gasteiger partial charge in [0.05, 0.1) is 6.61 Å². The van der Waals surface area contributed by atoms with Gasteiger partial charge in [0.25, 0.3) is 0 Å². The molecule has 0 aliphatic carbocycles. The van der Waals surface area contributed by atoms with E-state index in [0.717, 1.165) is 11.3 Å². The van der Waals surface area contributed by atoms with E-state index in [1.807, 2.05) is 18.4 Å². The fourth-order valence-corrected chi connectivity index (χ4v) is 1.44. The minimum absolute atomic E-state index is 0.584. The summed E-state index contributed by atoms with van der Waals surface area (Å²) in [7, 11) is 1.67. The standard InChI is InChI=1S/C9H13NOS/c1-11-6-7-3-4-8(12-2)5-9(7)10/h3-5H,6,10H2,1-2H3. The Hall–Kier alpha value is -0.670. The number of benzene rings is 1. The number of ether oxygens (including phenoxy) is 1. The fraction of sp³-hybridized carbons (Fsp3) is 0.333. The summed E-state index contributed by atoms with van der Waals surface area (Å²) >= 11 is 1.69. The molecule has 2 N–H and O–H groups in total. The molecule has 0 saturated carbocycles. The zero-order valence-electron chi connectivity index (χ0n) is 7.33. The zero-order chi connectivity index (χ0) is 8.97. The monoisotopic (exact) mass is 183 g/mol. The lowest BCUT2D eigenvalue weighted by molar-refractivity contribution is 0.185. The van der Waals surface area contributed by atoms with Crippen LogP contribution in [0.4, 0.5) is 5.69 Å². The molecule has 1 aromatic rings. The van der Waals surface area contributed by atoms with Gasteiger partial charge in [0.1, 0.15) is 0 Å². The first-order valence-electron chi connectivity index (χ1n) is 3.69. The van der Waals surface area contributed by atoms with Crippen LogP contribution >= 0.6 is 11.8 Å². The molecule has 0 amide bonds. The second kappa shape index (κ2) is 4.38. The van der Waals surface area contributed by atoms with Gasteiger partial charge in [-0.25, -0.2) is 0 Å². The maximum absolute atomic E-state index is 5.79. The van der Waals surface area contributed by atoms with Crippen LogP contribution in [0.15, 0.2) is 23.1 Å². The molecule has 12 heavy (non-hydrogen) atoms. The van der Waals surface area contributed by atoms with Crippen LogP contribution in [0.2, 0.25) is 0 Å². The molecule has 0 fully saturated rings. The largest absolute Gasteiger partial charge is 0.398 e. The van der Waals surface area contributed by atoms with Gasteiger partial charge in [-0.3, -0.25) is 0 Å². The van der Waals surface area contributed by atoms with Crippen molar-refractivity contribution >= 4 is 17.4 Å². The Kier molecular flexibility index (Phi) is 3.44. The van der Waals surface area contributed by atoms with Crippen LogP contribution in [0.3, 0.4) is 0 Å². The van der Waals surface area contributed by atoms with Crippen molar-refractivity contribution in [3.63, 3.8) is 0 Å². The summed E-state index contributed by atoms with van der Waals surface area (Å²) in [5.74, 6) is 0. The number of methoxy groups -OCH3 is 1. The maximum Gasteiger partial charge on any atom is 0.0733 e. The van der Waals surface area contributed by atoms with Crippen molar-refractivity contribution in [3.05, 3.63) is 23.8 Å². The molecule has 66 valence electrons. The summed E-state index contributed by atoms with van der Waals surface area (Å²) in [6.07, 6.45) is 2.03. The molecule has 0 spiro atoms. The first kappa shape index (κ1) is 9.42. The average Bonchev–Trinajstić information content (AvgIpc) is 2.09. The summed E-state index contributed by atoms with van der Waals surface area (Å²) in [6, 6.07) is 6.03. The lowest BCUT2D eigenvalue weighted by Crippen LogP contribution is -1.95. The van der Waals surface area contributed by atoms with E-state index in [1.54, 1.807) is 18.9 Å². The maximum atomic E-state index is 5.79. The average molecular weight is 183 g/mol.